The maximum Gasteiger partial charge on any atom is 0.338 e. The fourth-order valence-corrected chi connectivity index (χ4v) is 2.31. The second-order valence-corrected chi connectivity index (χ2v) is 5.92. The van der Waals surface area contributed by atoms with Gasteiger partial charge in [-0.25, -0.2) is 4.79 Å². The molecule has 2 aromatic carbocycles. The molecule has 0 saturated carbocycles. The third-order valence-electron chi connectivity index (χ3n) is 3.13. The number of hydrogen-bond donors (Lipinski definition) is 2. The fraction of sp³-hybridized carbons (Fsp3) is 0.111. The van der Waals surface area contributed by atoms with E-state index in [1.807, 2.05) is 6.07 Å². The Morgan fingerprint density at radius 1 is 1.00 bits per heavy atom. The summed E-state index contributed by atoms with van der Waals surface area (Å²) < 4.78 is 5.68. The number of halogens is 1. The van der Waals surface area contributed by atoms with Gasteiger partial charge in [0.1, 0.15) is 6.42 Å². The van der Waals surface area contributed by atoms with E-state index >= 15 is 0 Å². The average Bonchev–Trinajstić information content (AvgIpc) is 2.62. The molecule has 2 aromatic rings. The molecule has 0 aliphatic carbocycles. The maximum absolute atomic E-state index is 12.0. The quantitative estimate of drug-likeness (QED) is 0.704. The Morgan fingerprint density at radius 3 is 2.35 bits per heavy atom. The van der Waals surface area contributed by atoms with E-state index in [9.17, 15) is 14.4 Å². The molecule has 0 bridgehead atoms. The number of carbonyl (C=O) groups is 3. The van der Waals surface area contributed by atoms with Crippen molar-refractivity contribution in [3.8, 4) is 6.07 Å². The molecule has 8 heteroatoms. The van der Waals surface area contributed by atoms with E-state index in [0.717, 1.165) is 0 Å². The molecular weight excluding hydrogens is 402 g/mol. The molecule has 0 spiro atoms. The highest BCUT2D eigenvalue weighted by molar-refractivity contribution is 9.10. The molecule has 0 aliphatic rings. The summed E-state index contributed by atoms with van der Waals surface area (Å²) in [5.41, 5.74) is 1.26. The zero-order chi connectivity index (χ0) is 18.9. The van der Waals surface area contributed by atoms with Gasteiger partial charge in [0.2, 0.25) is 5.91 Å². The van der Waals surface area contributed by atoms with Crippen molar-refractivity contribution < 1.29 is 19.1 Å². The number of anilines is 2. The average molecular weight is 416 g/mol. The number of carbonyl (C=O) groups excluding carboxylic acids is 3. The molecule has 0 fully saturated rings. The lowest BCUT2D eigenvalue weighted by molar-refractivity contribution is -0.119. The van der Waals surface area contributed by atoms with Crippen LogP contribution in [0.2, 0.25) is 0 Å². The van der Waals surface area contributed by atoms with E-state index < -0.39 is 24.4 Å². The SMILES string of the molecule is N#CCC(=O)Nc1ccc(C(=O)OCC(=O)Nc2ccccc2Br)cc1. The lowest BCUT2D eigenvalue weighted by Gasteiger charge is -2.08. The highest BCUT2D eigenvalue weighted by Crippen LogP contribution is 2.21. The first kappa shape index (κ1) is 19.1. The van der Waals surface area contributed by atoms with E-state index in [1.54, 1.807) is 24.3 Å². The van der Waals surface area contributed by atoms with Gasteiger partial charge in [0.05, 0.1) is 17.3 Å². The van der Waals surface area contributed by atoms with E-state index in [2.05, 4.69) is 26.6 Å². The number of nitriles is 1. The zero-order valence-corrected chi connectivity index (χ0v) is 15.1. The fourth-order valence-electron chi connectivity index (χ4n) is 1.93. The van der Waals surface area contributed by atoms with Crippen molar-refractivity contribution in [3.05, 3.63) is 58.6 Å². The van der Waals surface area contributed by atoms with Crippen LogP contribution in [0.5, 0.6) is 0 Å². The van der Waals surface area contributed by atoms with Crippen LogP contribution in [-0.2, 0) is 14.3 Å². The number of esters is 1. The smallest absolute Gasteiger partial charge is 0.338 e. The van der Waals surface area contributed by atoms with Gasteiger partial charge in [-0.1, -0.05) is 12.1 Å². The largest absolute Gasteiger partial charge is 0.452 e. The minimum absolute atomic E-state index is 0.233. The van der Waals surface area contributed by atoms with Crippen molar-refractivity contribution in [1.82, 2.24) is 0 Å². The van der Waals surface area contributed by atoms with Crippen LogP contribution in [0.25, 0.3) is 0 Å². The van der Waals surface area contributed by atoms with E-state index in [-0.39, 0.29) is 12.0 Å². The third-order valence-corrected chi connectivity index (χ3v) is 3.82. The molecule has 0 heterocycles. The van der Waals surface area contributed by atoms with Crippen LogP contribution in [0, 0.1) is 11.3 Å². The van der Waals surface area contributed by atoms with E-state index in [1.165, 1.54) is 24.3 Å². The van der Waals surface area contributed by atoms with Crippen LogP contribution in [0.3, 0.4) is 0 Å². The molecule has 0 saturated heterocycles. The summed E-state index contributed by atoms with van der Waals surface area (Å²) in [6.45, 7) is -0.430. The Bertz CT molecular complexity index is 859. The van der Waals surface area contributed by atoms with Crippen LogP contribution in [0.1, 0.15) is 16.8 Å². The van der Waals surface area contributed by atoms with Gasteiger partial charge in [-0.15, -0.1) is 0 Å². The summed E-state index contributed by atoms with van der Waals surface area (Å²) in [7, 11) is 0. The van der Waals surface area contributed by atoms with Crippen molar-refractivity contribution >= 4 is 45.1 Å². The number of para-hydroxylation sites is 1. The Hall–Kier alpha value is -3.18. The Labute approximate surface area is 158 Å². The second-order valence-electron chi connectivity index (χ2n) is 5.06. The lowest BCUT2D eigenvalue weighted by atomic mass is 10.2. The van der Waals surface area contributed by atoms with Crippen molar-refractivity contribution in [1.29, 1.82) is 5.26 Å². The topological polar surface area (TPSA) is 108 Å². The predicted molar refractivity (Wildman–Crippen MR) is 98.4 cm³/mol. The number of benzene rings is 2. The summed E-state index contributed by atoms with van der Waals surface area (Å²) in [4.78, 5) is 35.1. The predicted octanol–water partition coefficient (Wildman–Crippen LogP) is 3.10. The number of rotatable bonds is 6. The first-order valence-corrected chi connectivity index (χ1v) is 8.27. The summed E-state index contributed by atoms with van der Waals surface area (Å²) in [6.07, 6.45) is -0.254. The molecule has 2 rings (SSSR count). The van der Waals surface area contributed by atoms with E-state index in [0.29, 0.717) is 15.8 Å². The van der Waals surface area contributed by atoms with Gasteiger partial charge in [0, 0.05) is 10.2 Å². The van der Waals surface area contributed by atoms with E-state index in [4.69, 9.17) is 10.00 Å². The Balaban J connectivity index is 1.86. The highest BCUT2D eigenvalue weighted by atomic mass is 79.9. The maximum atomic E-state index is 12.0. The minimum atomic E-state index is -0.665. The zero-order valence-electron chi connectivity index (χ0n) is 13.5. The molecule has 0 unspecified atom stereocenters. The molecule has 26 heavy (non-hydrogen) atoms. The molecule has 7 nitrogen and oxygen atoms in total. The number of nitrogens with zero attached hydrogens (tertiary/aromatic N) is 1. The van der Waals surface area contributed by atoms with Crippen molar-refractivity contribution in [2.75, 3.05) is 17.2 Å². The van der Waals surface area contributed by atoms with Crippen molar-refractivity contribution in [2.24, 2.45) is 0 Å². The molecule has 0 aliphatic heterocycles. The lowest BCUT2D eigenvalue weighted by Crippen LogP contribution is -2.21. The Kier molecular flexibility index (Phi) is 6.88. The summed E-state index contributed by atoms with van der Waals surface area (Å²) in [6, 6.07) is 14.7. The first-order valence-electron chi connectivity index (χ1n) is 7.48. The molecule has 2 N–H and O–H groups in total. The molecule has 0 atom stereocenters. The number of hydrogen-bond acceptors (Lipinski definition) is 5. The van der Waals surface area contributed by atoms with Gasteiger partial charge in [-0.05, 0) is 52.3 Å². The van der Waals surface area contributed by atoms with Crippen LogP contribution in [-0.4, -0.2) is 24.4 Å². The second kappa shape index (κ2) is 9.34. The highest BCUT2D eigenvalue weighted by Gasteiger charge is 2.11. The van der Waals surface area contributed by atoms with Crippen molar-refractivity contribution in [3.63, 3.8) is 0 Å². The first-order chi connectivity index (χ1) is 12.5. The summed E-state index contributed by atoms with van der Waals surface area (Å²) in [5, 5.41) is 13.6. The standard InChI is InChI=1S/C18H14BrN3O4/c19-14-3-1-2-4-15(14)22-17(24)11-26-18(25)12-5-7-13(8-6-12)21-16(23)9-10-20/h1-8H,9,11H2,(H,21,23)(H,22,24). The van der Waals surface area contributed by atoms with Gasteiger partial charge in [-0.2, -0.15) is 5.26 Å². The summed E-state index contributed by atoms with van der Waals surface area (Å²) >= 11 is 3.30. The van der Waals surface area contributed by atoms with Crippen LogP contribution < -0.4 is 10.6 Å². The molecule has 0 radical (unpaired) electrons. The molecular formula is C18H14BrN3O4. The number of nitrogens with one attached hydrogen (secondary N) is 2. The summed E-state index contributed by atoms with van der Waals surface area (Å²) in [5.74, 6) is -1.57. The van der Waals surface area contributed by atoms with Crippen LogP contribution in [0.4, 0.5) is 11.4 Å². The third kappa shape index (κ3) is 5.72. The molecule has 2 amide bonds. The number of ether oxygens (including phenoxy) is 1. The van der Waals surface area contributed by atoms with Gasteiger partial charge < -0.3 is 15.4 Å². The molecule has 132 valence electrons. The van der Waals surface area contributed by atoms with Gasteiger partial charge in [0.15, 0.2) is 6.61 Å². The monoisotopic (exact) mass is 415 g/mol. The van der Waals surface area contributed by atoms with Gasteiger partial charge in [-0.3, -0.25) is 9.59 Å². The van der Waals surface area contributed by atoms with Crippen LogP contribution in [0.15, 0.2) is 53.0 Å². The molecule has 0 aromatic heterocycles. The van der Waals surface area contributed by atoms with Gasteiger partial charge >= 0.3 is 5.97 Å². The Morgan fingerprint density at radius 2 is 1.69 bits per heavy atom. The van der Waals surface area contributed by atoms with Gasteiger partial charge in [0.25, 0.3) is 5.91 Å². The minimum Gasteiger partial charge on any atom is -0.452 e. The normalized spacial score (nSPS) is 9.69. The van der Waals surface area contributed by atoms with Crippen molar-refractivity contribution in [2.45, 2.75) is 6.42 Å². The number of amides is 2. The van der Waals surface area contributed by atoms with Crippen LogP contribution >= 0.6 is 15.9 Å².